The summed E-state index contributed by atoms with van der Waals surface area (Å²) in [5.41, 5.74) is 2.10. The highest BCUT2D eigenvalue weighted by molar-refractivity contribution is 5.69. The molecule has 0 N–H and O–H groups in total. The van der Waals surface area contributed by atoms with Crippen LogP contribution in [0.4, 0.5) is 4.79 Å². The summed E-state index contributed by atoms with van der Waals surface area (Å²) in [7, 11) is 0. The summed E-state index contributed by atoms with van der Waals surface area (Å²) in [6.07, 6.45) is 3.06. The zero-order valence-electron chi connectivity index (χ0n) is 14.5. The lowest BCUT2D eigenvalue weighted by Crippen LogP contribution is -2.42. The minimum atomic E-state index is -0.455. The van der Waals surface area contributed by atoms with E-state index >= 15 is 0 Å². The minimum Gasteiger partial charge on any atom is -0.444 e. The van der Waals surface area contributed by atoms with Crippen molar-refractivity contribution < 1.29 is 14.3 Å². The number of hydrogen-bond acceptors (Lipinski definition) is 3. The fourth-order valence-corrected chi connectivity index (χ4v) is 3.36. The SMILES string of the molecule is CCc1cccc([C@H]2O[C@@H]2[C@H]2CCCN2C(=O)OC(C)(C)C)c1. The summed E-state index contributed by atoms with van der Waals surface area (Å²) < 4.78 is 11.5. The van der Waals surface area contributed by atoms with Crippen molar-refractivity contribution >= 4 is 6.09 Å². The second-order valence-electron chi connectivity index (χ2n) is 7.50. The number of nitrogens with zero attached hydrogens (tertiary/aromatic N) is 1. The number of epoxide rings is 1. The van der Waals surface area contributed by atoms with Gasteiger partial charge >= 0.3 is 6.09 Å². The minimum absolute atomic E-state index is 0.108. The normalized spacial score (nSPS) is 27.1. The standard InChI is InChI=1S/C19H27NO3/c1-5-13-8-6-9-14(12-13)16-17(22-16)15-10-7-11-20(15)18(21)23-19(2,3)4/h6,8-9,12,15-17H,5,7,10-11H2,1-4H3/t15-,16-,17-/m1/s1. The molecule has 2 saturated heterocycles. The van der Waals surface area contributed by atoms with Crippen LogP contribution in [-0.4, -0.2) is 35.3 Å². The van der Waals surface area contributed by atoms with Crippen molar-refractivity contribution in [1.29, 1.82) is 0 Å². The van der Waals surface area contributed by atoms with Crippen LogP contribution >= 0.6 is 0 Å². The molecule has 4 heteroatoms. The molecule has 1 aromatic rings. The van der Waals surface area contributed by atoms with Crippen molar-refractivity contribution in [2.75, 3.05) is 6.54 Å². The third-order valence-corrected chi connectivity index (χ3v) is 4.52. The van der Waals surface area contributed by atoms with Crippen molar-refractivity contribution in [1.82, 2.24) is 4.90 Å². The predicted molar refractivity (Wildman–Crippen MR) is 89.4 cm³/mol. The molecule has 0 saturated carbocycles. The van der Waals surface area contributed by atoms with Gasteiger partial charge in [-0.3, -0.25) is 0 Å². The number of carbonyl (C=O) groups excluding carboxylic acids is 1. The molecule has 3 rings (SSSR count). The Labute approximate surface area is 138 Å². The van der Waals surface area contributed by atoms with Gasteiger partial charge in [0.1, 0.15) is 17.8 Å². The van der Waals surface area contributed by atoms with E-state index in [4.69, 9.17) is 9.47 Å². The molecule has 1 amide bonds. The second kappa shape index (κ2) is 6.16. The summed E-state index contributed by atoms with van der Waals surface area (Å²) in [5, 5.41) is 0. The molecule has 0 spiro atoms. The Morgan fingerprint density at radius 3 is 2.87 bits per heavy atom. The van der Waals surface area contributed by atoms with E-state index in [1.807, 2.05) is 25.7 Å². The molecule has 1 aromatic carbocycles. The lowest BCUT2D eigenvalue weighted by atomic mass is 10.0. The first-order valence-electron chi connectivity index (χ1n) is 8.63. The van der Waals surface area contributed by atoms with E-state index in [9.17, 15) is 4.79 Å². The average Bonchev–Trinajstić information content (AvgIpc) is 3.13. The molecule has 2 heterocycles. The second-order valence-corrected chi connectivity index (χ2v) is 7.50. The molecule has 0 radical (unpaired) electrons. The first-order chi connectivity index (χ1) is 10.9. The van der Waals surface area contributed by atoms with Crippen LogP contribution in [-0.2, 0) is 15.9 Å². The van der Waals surface area contributed by atoms with Gasteiger partial charge in [-0.05, 0) is 51.2 Å². The Morgan fingerprint density at radius 2 is 2.17 bits per heavy atom. The van der Waals surface area contributed by atoms with E-state index in [-0.39, 0.29) is 24.3 Å². The molecule has 126 valence electrons. The monoisotopic (exact) mass is 317 g/mol. The van der Waals surface area contributed by atoms with Crippen molar-refractivity contribution in [3.63, 3.8) is 0 Å². The maximum Gasteiger partial charge on any atom is 0.410 e. The molecule has 0 unspecified atom stereocenters. The number of benzene rings is 1. The quantitative estimate of drug-likeness (QED) is 0.789. The number of likely N-dealkylation sites (tertiary alicyclic amines) is 1. The maximum atomic E-state index is 12.4. The van der Waals surface area contributed by atoms with Crippen LogP contribution in [0, 0.1) is 0 Å². The summed E-state index contributed by atoms with van der Waals surface area (Å²) in [5.74, 6) is 0. The molecule has 3 atom stereocenters. The lowest BCUT2D eigenvalue weighted by molar-refractivity contribution is 0.0204. The number of rotatable bonds is 3. The zero-order valence-corrected chi connectivity index (χ0v) is 14.5. The fraction of sp³-hybridized carbons (Fsp3) is 0.632. The van der Waals surface area contributed by atoms with Crippen LogP contribution in [0.1, 0.15) is 57.8 Å². The van der Waals surface area contributed by atoms with Crippen molar-refractivity contribution in [2.24, 2.45) is 0 Å². The Morgan fingerprint density at radius 1 is 1.39 bits per heavy atom. The van der Waals surface area contributed by atoms with Gasteiger partial charge in [0.25, 0.3) is 0 Å². The molecule has 0 bridgehead atoms. The first kappa shape index (κ1) is 16.3. The van der Waals surface area contributed by atoms with Gasteiger partial charge in [-0.1, -0.05) is 31.2 Å². The van der Waals surface area contributed by atoms with E-state index in [1.165, 1.54) is 11.1 Å². The molecule has 2 aliphatic heterocycles. The van der Waals surface area contributed by atoms with Gasteiger partial charge in [-0.25, -0.2) is 4.79 Å². The molecule has 4 nitrogen and oxygen atoms in total. The highest BCUT2D eigenvalue weighted by Crippen LogP contribution is 2.45. The molecule has 0 aromatic heterocycles. The van der Waals surface area contributed by atoms with Crippen molar-refractivity contribution in [3.8, 4) is 0 Å². The fourth-order valence-electron chi connectivity index (χ4n) is 3.36. The van der Waals surface area contributed by atoms with Crippen LogP contribution in [0.15, 0.2) is 24.3 Å². The molecular weight excluding hydrogens is 290 g/mol. The Balaban J connectivity index is 1.66. The van der Waals surface area contributed by atoms with Crippen LogP contribution < -0.4 is 0 Å². The van der Waals surface area contributed by atoms with E-state index in [0.717, 1.165) is 25.8 Å². The Bertz CT molecular complexity index is 578. The summed E-state index contributed by atoms with van der Waals surface area (Å²) in [6, 6.07) is 8.71. The van der Waals surface area contributed by atoms with Crippen LogP contribution in [0.5, 0.6) is 0 Å². The third kappa shape index (κ3) is 3.69. The lowest BCUT2D eigenvalue weighted by Gasteiger charge is -2.28. The Hall–Kier alpha value is -1.55. The number of carbonyl (C=O) groups is 1. The number of ether oxygens (including phenoxy) is 2. The molecule has 2 aliphatic rings. The largest absolute Gasteiger partial charge is 0.444 e. The summed E-state index contributed by atoms with van der Waals surface area (Å²) in [4.78, 5) is 14.3. The zero-order chi connectivity index (χ0) is 16.6. The third-order valence-electron chi connectivity index (χ3n) is 4.52. The first-order valence-corrected chi connectivity index (χ1v) is 8.63. The van der Waals surface area contributed by atoms with Gasteiger partial charge in [0.05, 0.1) is 6.04 Å². The number of aryl methyl sites for hydroxylation is 1. The van der Waals surface area contributed by atoms with Gasteiger partial charge in [0, 0.05) is 6.54 Å². The summed E-state index contributed by atoms with van der Waals surface area (Å²) in [6.45, 7) is 8.64. The average molecular weight is 317 g/mol. The van der Waals surface area contributed by atoms with Gasteiger partial charge in [0.15, 0.2) is 0 Å². The van der Waals surface area contributed by atoms with E-state index in [2.05, 4.69) is 31.2 Å². The van der Waals surface area contributed by atoms with E-state index in [1.54, 1.807) is 0 Å². The van der Waals surface area contributed by atoms with Crippen molar-refractivity contribution in [2.45, 2.75) is 70.8 Å². The predicted octanol–water partition coefficient (Wildman–Crippen LogP) is 4.09. The van der Waals surface area contributed by atoms with Gasteiger partial charge in [-0.15, -0.1) is 0 Å². The van der Waals surface area contributed by atoms with Crippen LogP contribution in [0.2, 0.25) is 0 Å². The highest BCUT2D eigenvalue weighted by atomic mass is 16.6. The van der Waals surface area contributed by atoms with Crippen LogP contribution in [0.25, 0.3) is 0 Å². The van der Waals surface area contributed by atoms with E-state index in [0.29, 0.717) is 0 Å². The van der Waals surface area contributed by atoms with Gasteiger partial charge < -0.3 is 14.4 Å². The van der Waals surface area contributed by atoms with Gasteiger partial charge in [-0.2, -0.15) is 0 Å². The maximum absolute atomic E-state index is 12.4. The summed E-state index contributed by atoms with van der Waals surface area (Å²) >= 11 is 0. The number of hydrogen-bond donors (Lipinski definition) is 0. The molecule has 23 heavy (non-hydrogen) atoms. The van der Waals surface area contributed by atoms with E-state index < -0.39 is 5.60 Å². The smallest absolute Gasteiger partial charge is 0.410 e. The highest BCUT2D eigenvalue weighted by Gasteiger charge is 2.51. The Kier molecular flexibility index (Phi) is 4.37. The van der Waals surface area contributed by atoms with Crippen molar-refractivity contribution in [3.05, 3.63) is 35.4 Å². The van der Waals surface area contributed by atoms with Crippen LogP contribution in [0.3, 0.4) is 0 Å². The topological polar surface area (TPSA) is 42.1 Å². The molecule has 2 fully saturated rings. The van der Waals surface area contributed by atoms with Gasteiger partial charge in [0.2, 0.25) is 0 Å². The number of amides is 1. The molecular formula is C19H27NO3. The molecule has 0 aliphatic carbocycles.